The number of nitrogens with zero attached hydrogens (tertiary/aromatic N) is 2. The first-order chi connectivity index (χ1) is 14.5. The molecule has 0 saturated heterocycles. The average molecular weight is 522 g/mol. The molecule has 3 aromatic rings. The van der Waals surface area contributed by atoms with Gasteiger partial charge in [0.15, 0.2) is 5.82 Å². The quantitative estimate of drug-likeness (QED) is 0.311. The van der Waals surface area contributed by atoms with Crippen LogP contribution in [0.2, 0.25) is 0 Å². The lowest BCUT2D eigenvalue weighted by Gasteiger charge is -2.16. The van der Waals surface area contributed by atoms with Gasteiger partial charge in [0.25, 0.3) is 5.91 Å². The van der Waals surface area contributed by atoms with Gasteiger partial charge in [0.05, 0.1) is 29.7 Å². The van der Waals surface area contributed by atoms with E-state index >= 15 is 4.39 Å². The minimum Gasteiger partial charge on any atom is -0.352 e. The van der Waals surface area contributed by atoms with Gasteiger partial charge in [0, 0.05) is 15.8 Å². The van der Waals surface area contributed by atoms with Crippen molar-refractivity contribution < 1.29 is 14.0 Å². The monoisotopic (exact) mass is 522 g/mol. The summed E-state index contributed by atoms with van der Waals surface area (Å²) in [5.41, 5.74) is 5.28. The summed E-state index contributed by atoms with van der Waals surface area (Å²) in [6, 6.07) is 7.48. The first kappa shape index (κ1) is 21.0. The van der Waals surface area contributed by atoms with Gasteiger partial charge in [0.2, 0.25) is 0 Å². The van der Waals surface area contributed by atoms with Crippen LogP contribution in [-0.4, -0.2) is 22.1 Å². The summed E-state index contributed by atoms with van der Waals surface area (Å²) < 4.78 is 18.5. The smallest absolute Gasteiger partial charge is 0.277 e. The number of carbonyl (C=O) groups is 1. The van der Waals surface area contributed by atoms with Crippen LogP contribution in [0.25, 0.3) is 11.0 Å². The molecular weight excluding hydrogens is 498 g/mol. The van der Waals surface area contributed by atoms with Crippen molar-refractivity contribution in [1.82, 2.24) is 15.0 Å². The van der Waals surface area contributed by atoms with Gasteiger partial charge in [-0.2, -0.15) is 0 Å². The highest BCUT2D eigenvalue weighted by Gasteiger charge is 2.24. The van der Waals surface area contributed by atoms with Crippen molar-refractivity contribution in [3.05, 3.63) is 51.1 Å². The maximum atomic E-state index is 15.5. The minimum atomic E-state index is -0.548. The first-order valence-electron chi connectivity index (χ1n) is 10.1. The molecule has 30 heavy (non-hydrogen) atoms. The van der Waals surface area contributed by atoms with E-state index in [1.165, 1.54) is 0 Å². The molecule has 158 valence electrons. The lowest BCUT2D eigenvalue weighted by molar-refractivity contribution is 0.0271. The molecule has 1 aliphatic carbocycles. The van der Waals surface area contributed by atoms with Gasteiger partial charge >= 0.3 is 0 Å². The highest BCUT2D eigenvalue weighted by atomic mass is 127. The fourth-order valence-corrected chi connectivity index (χ4v) is 3.99. The lowest BCUT2D eigenvalue weighted by Crippen LogP contribution is -2.26. The van der Waals surface area contributed by atoms with Crippen LogP contribution < -0.4 is 10.8 Å². The second-order valence-electron chi connectivity index (χ2n) is 7.69. The second kappa shape index (κ2) is 8.89. The molecule has 0 bridgehead atoms. The third-order valence-electron chi connectivity index (χ3n) is 5.19. The number of rotatable bonds is 8. The van der Waals surface area contributed by atoms with Crippen LogP contribution in [0.15, 0.2) is 30.6 Å². The fourth-order valence-electron chi connectivity index (χ4n) is 3.34. The predicted octanol–water partition coefficient (Wildman–Crippen LogP) is 5.31. The van der Waals surface area contributed by atoms with Gasteiger partial charge in [-0.3, -0.25) is 9.63 Å². The van der Waals surface area contributed by atoms with Gasteiger partial charge in [-0.25, -0.2) is 14.9 Å². The van der Waals surface area contributed by atoms with Gasteiger partial charge in [-0.1, -0.05) is 6.92 Å². The highest BCUT2D eigenvalue weighted by molar-refractivity contribution is 14.1. The van der Waals surface area contributed by atoms with Gasteiger partial charge < -0.3 is 9.88 Å². The maximum Gasteiger partial charge on any atom is 0.277 e. The summed E-state index contributed by atoms with van der Waals surface area (Å²) in [6.45, 7) is 5.15. The van der Waals surface area contributed by atoms with Crippen LogP contribution in [0.4, 0.5) is 15.8 Å². The molecule has 8 heteroatoms. The molecule has 1 aliphatic rings. The maximum absolute atomic E-state index is 15.5. The molecule has 0 unspecified atom stereocenters. The van der Waals surface area contributed by atoms with Crippen molar-refractivity contribution >= 4 is 50.9 Å². The number of hydroxylamine groups is 1. The zero-order valence-corrected chi connectivity index (χ0v) is 19.1. The number of imidazole rings is 1. The molecule has 2 N–H and O–H groups in total. The molecule has 1 saturated carbocycles. The number of nitrogens with one attached hydrogen (secondary N) is 2. The van der Waals surface area contributed by atoms with Gasteiger partial charge in [-0.05, 0) is 84.5 Å². The Morgan fingerprint density at radius 3 is 2.87 bits per heavy atom. The van der Waals surface area contributed by atoms with Crippen LogP contribution in [0.5, 0.6) is 0 Å². The number of benzene rings is 2. The molecule has 1 amide bonds. The van der Waals surface area contributed by atoms with E-state index in [0.29, 0.717) is 24.6 Å². The molecule has 1 heterocycles. The van der Waals surface area contributed by atoms with E-state index in [1.807, 2.05) is 36.6 Å². The van der Waals surface area contributed by atoms with E-state index in [1.54, 1.807) is 12.4 Å². The molecule has 1 aromatic heterocycles. The van der Waals surface area contributed by atoms with Crippen molar-refractivity contribution in [3.63, 3.8) is 0 Å². The number of hydrogen-bond acceptors (Lipinski definition) is 4. The molecule has 0 aliphatic heterocycles. The second-order valence-corrected chi connectivity index (χ2v) is 8.93. The number of carbonyl (C=O) groups excluding carboxylic acids is 1. The van der Waals surface area contributed by atoms with Crippen molar-refractivity contribution in [2.75, 3.05) is 11.9 Å². The Labute approximate surface area is 188 Å². The Balaban J connectivity index is 1.74. The summed E-state index contributed by atoms with van der Waals surface area (Å²) in [6.07, 6.45) is 4.72. The topological polar surface area (TPSA) is 68.2 Å². The Kier molecular flexibility index (Phi) is 6.24. The number of fused-ring (bicyclic) bond motifs is 1. The largest absolute Gasteiger partial charge is 0.352 e. The molecule has 0 radical (unpaired) electrons. The number of aromatic nitrogens is 2. The molecule has 0 spiro atoms. The third kappa shape index (κ3) is 4.44. The van der Waals surface area contributed by atoms with Crippen molar-refractivity contribution in [2.45, 2.75) is 39.7 Å². The standard InChI is InChI=1S/C22H24FIN4O2/c1-3-8-28-12-25-21-18(28)10-16(22(29)27-30-11-14-4-5-14)20(19(21)23)26-17-7-6-15(24)9-13(17)2/h6-7,9-10,12,14,26H,3-5,8,11H2,1-2H3,(H,27,29). The highest BCUT2D eigenvalue weighted by Crippen LogP contribution is 2.33. The van der Waals surface area contributed by atoms with E-state index in [9.17, 15) is 4.79 Å². The zero-order chi connectivity index (χ0) is 21.3. The molecule has 6 nitrogen and oxygen atoms in total. The summed E-state index contributed by atoms with van der Waals surface area (Å²) in [4.78, 5) is 22.5. The van der Waals surface area contributed by atoms with Gasteiger partial charge in [0.1, 0.15) is 5.52 Å². The number of aryl methyl sites for hydroxylation is 2. The first-order valence-corrected chi connectivity index (χ1v) is 11.2. The van der Waals surface area contributed by atoms with Crippen LogP contribution in [0.1, 0.15) is 42.1 Å². The predicted molar refractivity (Wildman–Crippen MR) is 123 cm³/mol. The van der Waals surface area contributed by atoms with E-state index in [0.717, 1.165) is 34.1 Å². The summed E-state index contributed by atoms with van der Waals surface area (Å²) in [5, 5.41) is 3.12. The zero-order valence-electron chi connectivity index (χ0n) is 17.0. The summed E-state index contributed by atoms with van der Waals surface area (Å²) >= 11 is 2.23. The van der Waals surface area contributed by atoms with E-state index < -0.39 is 11.7 Å². The van der Waals surface area contributed by atoms with Crippen LogP contribution in [0, 0.1) is 22.2 Å². The molecule has 0 atom stereocenters. The average Bonchev–Trinajstić information content (AvgIpc) is 3.45. The van der Waals surface area contributed by atoms with Crippen LogP contribution in [0.3, 0.4) is 0 Å². The van der Waals surface area contributed by atoms with E-state index in [-0.39, 0.29) is 16.8 Å². The number of halogens is 2. The van der Waals surface area contributed by atoms with Gasteiger partial charge in [-0.15, -0.1) is 0 Å². The number of anilines is 2. The van der Waals surface area contributed by atoms with E-state index in [4.69, 9.17) is 4.84 Å². The Bertz CT molecular complexity index is 1090. The number of amides is 1. The minimum absolute atomic E-state index is 0.0982. The fraction of sp³-hybridized carbons (Fsp3) is 0.364. The van der Waals surface area contributed by atoms with Crippen molar-refractivity contribution in [1.29, 1.82) is 0 Å². The Morgan fingerprint density at radius 2 is 2.17 bits per heavy atom. The normalized spacial score (nSPS) is 13.6. The van der Waals surface area contributed by atoms with Crippen molar-refractivity contribution in [3.8, 4) is 0 Å². The third-order valence-corrected chi connectivity index (χ3v) is 5.87. The molecular formula is C22H24FIN4O2. The lowest BCUT2D eigenvalue weighted by atomic mass is 10.1. The molecule has 1 fully saturated rings. The van der Waals surface area contributed by atoms with E-state index in [2.05, 4.69) is 38.4 Å². The SMILES string of the molecule is CCCn1cnc2c(F)c(Nc3ccc(I)cc3C)c(C(=O)NOCC3CC3)cc21. The van der Waals surface area contributed by atoms with Crippen molar-refractivity contribution in [2.24, 2.45) is 5.92 Å². The van der Waals surface area contributed by atoms with Crippen LogP contribution in [-0.2, 0) is 11.4 Å². The molecule has 2 aromatic carbocycles. The summed E-state index contributed by atoms with van der Waals surface area (Å²) in [7, 11) is 0. The Morgan fingerprint density at radius 1 is 1.37 bits per heavy atom. The van der Waals surface area contributed by atoms with Crippen LogP contribution >= 0.6 is 22.6 Å². The molecule has 4 rings (SSSR count). The Hall–Kier alpha value is -2.20. The summed E-state index contributed by atoms with van der Waals surface area (Å²) in [5.74, 6) is -0.526. The number of hydrogen-bond donors (Lipinski definition) is 2.